The van der Waals surface area contributed by atoms with Gasteiger partial charge >= 0.3 is 12.1 Å². The number of fused-ring (bicyclic) bond motifs is 7. The van der Waals surface area contributed by atoms with Gasteiger partial charge in [-0.2, -0.15) is 15.1 Å². The number of rotatable bonds is 3. The van der Waals surface area contributed by atoms with E-state index >= 15 is 4.39 Å². The zero-order chi connectivity index (χ0) is 32.6. The fraction of sp³-hybridized carbons (Fsp3) is 0.571. The number of carbonyl (C=O) groups excluding carboxylic acids is 1. The molecule has 10 rings (SSSR count). The Bertz CT molecular complexity index is 1920. The van der Waals surface area contributed by atoms with E-state index in [-0.39, 0.29) is 29.2 Å². The highest BCUT2D eigenvalue weighted by Gasteiger charge is 2.42. The summed E-state index contributed by atoms with van der Waals surface area (Å²) in [5, 5.41) is 11.9. The maximum atomic E-state index is 17.2. The topological polar surface area (TPSA) is 131 Å². The molecule has 3 aromatic heterocycles. The van der Waals surface area contributed by atoms with Crippen LogP contribution in [-0.4, -0.2) is 99.8 Å². The smallest absolute Gasteiger partial charge is 0.407 e. The van der Waals surface area contributed by atoms with Gasteiger partial charge in [0.15, 0.2) is 5.82 Å². The SMILES string of the molecule is Cc1cc2[nH]ncc2c2c1[C@@H]1C[C@@H]1CCOC(=O)N[C@]1(C)CCCN(C1)c1nc(OC[C@@H]3CC[C@H]4COCCN43)nc3c(F)c-2ncc13. The van der Waals surface area contributed by atoms with Gasteiger partial charge < -0.3 is 24.4 Å². The van der Waals surface area contributed by atoms with Crippen LogP contribution in [0.2, 0.25) is 0 Å². The quantitative estimate of drug-likeness (QED) is 0.316. The Labute approximate surface area is 277 Å². The van der Waals surface area contributed by atoms with Crippen molar-refractivity contribution in [1.29, 1.82) is 0 Å². The van der Waals surface area contributed by atoms with Crippen molar-refractivity contribution < 1.29 is 23.4 Å². The largest absolute Gasteiger partial charge is 0.462 e. The fourth-order valence-electron chi connectivity index (χ4n) is 8.80. The van der Waals surface area contributed by atoms with Crippen molar-refractivity contribution in [3.05, 3.63) is 35.4 Å². The van der Waals surface area contributed by atoms with Crippen LogP contribution >= 0.6 is 0 Å². The van der Waals surface area contributed by atoms with Crippen molar-refractivity contribution in [3.63, 3.8) is 0 Å². The zero-order valence-corrected chi connectivity index (χ0v) is 27.4. The summed E-state index contributed by atoms with van der Waals surface area (Å²) in [6, 6.07) is 2.84. The molecule has 1 amide bonds. The first-order chi connectivity index (χ1) is 23.3. The highest BCUT2D eigenvalue weighted by Crippen LogP contribution is 2.54. The van der Waals surface area contributed by atoms with Crippen LogP contribution in [-0.2, 0) is 9.47 Å². The number of morpholine rings is 1. The van der Waals surface area contributed by atoms with E-state index in [1.54, 1.807) is 12.4 Å². The molecule has 6 bridgehead atoms. The van der Waals surface area contributed by atoms with Crippen LogP contribution < -0.4 is 15.0 Å². The first-order valence-corrected chi connectivity index (χ1v) is 17.3. The van der Waals surface area contributed by atoms with E-state index in [0.717, 1.165) is 79.3 Å². The molecule has 13 heteroatoms. The van der Waals surface area contributed by atoms with E-state index in [4.69, 9.17) is 29.2 Å². The van der Waals surface area contributed by atoms with Crippen molar-refractivity contribution in [1.82, 2.24) is 35.4 Å². The number of aromatic amines is 1. The molecule has 1 aliphatic carbocycles. The van der Waals surface area contributed by atoms with Gasteiger partial charge in [-0.1, -0.05) is 0 Å². The molecule has 3 saturated heterocycles. The number of nitrogens with zero attached hydrogens (tertiary/aromatic N) is 6. The summed E-state index contributed by atoms with van der Waals surface area (Å²) in [7, 11) is 0. The minimum absolute atomic E-state index is 0.142. The summed E-state index contributed by atoms with van der Waals surface area (Å²) < 4.78 is 35.0. The highest BCUT2D eigenvalue weighted by atomic mass is 19.1. The number of pyridine rings is 1. The number of H-pyrrole nitrogens is 1. The molecule has 2 N–H and O–H groups in total. The summed E-state index contributed by atoms with van der Waals surface area (Å²) >= 11 is 0. The van der Waals surface area contributed by atoms with Crippen LogP contribution in [0.5, 0.6) is 6.01 Å². The predicted octanol–water partition coefficient (Wildman–Crippen LogP) is 4.85. The van der Waals surface area contributed by atoms with E-state index in [2.05, 4.69) is 38.3 Å². The van der Waals surface area contributed by atoms with Crippen LogP contribution in [0.4, 0.5) is 15.0 Å². The Kier molecular flexibility index (Phi) is 7.19. The number of anilines is 1. The van der Waals surface area contributed by atoms with Crippen LogP contribution in [0.3, 0.4) is 0 Å². The summed E-state index contributed by atoms with van der Waals surface area (Å²) in [4.78, 5) is 32.1. The van der Waals surface area contributed by atoms with Gasteiger partial charge in [0.05, 0.1) is 42.5 Å². The Morgan fingerprint density at radius 1 is 1.15 bits per heavy atom. The van der Waals surface area contributed by atoms with Crippen molar-refractivity contribution >= 4 is 33.7 Å². The van der Waals surface area contributed by atoms with Crippen LogP contribution in [0.15, 0.2) is 18.5 Å². The van der Waals surface area contributed by atoms with Gasteiger partial charge in [0.2, 0.25) is 0 Å². The summed E-state index contributed by atoms with van der Waals surface area (Å²) in [6.45, 7) is 8.30. The van der Waals surface area contributed by atoms with Crippen molar-refractivity contribution in [2.45, 2.75) is 75.9 Å². The second kappa shape index (κ2) is 11.5. The Hall–Kier alpha value is -4.10. The summed E-state index contributed by atoms with van der Waals surface area (Å²) in [5.74, 6) is 0.559. The van der Waals surface area contributed by atoms with Gasteiger partial charge in [-0.25, -0.2) is 9.18 Å². The molecule has 252 valence electrons. The lowest BCUT2D eigenvalue weighted by atomic mass is 9.90. The van der Waals surface area contributed by atoms with E-state index in [0.29, 0.717) is 56.1 Å². The minimum atomic E-state index is -0.564. The molecule has 48 heavy (non-hydrogen) atoms. The Morgan fingerprint density at radius 3 is 2.98 bits per heavy atom. The van der Waals surface area contributed by atoms with Crippen molar-refractivity contribution in [2.75, 3.05) is 51.0 Å². The molecule has 5 atom stereocenters. The number of amides is 1. The first kappa shape index (κ1) is 30.0. The first-order valence-electron chi connectivity index (χ1n) is 17.3. The number of alkyl carbamates (subject to hydrolysis) is 1. The van der Waals surface area contributed by atoms with Crippen LogP contribution in [0.1, 0.15) is 62.5 Å². The number of halogens is 1. The van der Waals surface area contributed by atoms with E-state index in [9.17, 15) is 4.79 Å². The molecule has 12 nitrogen and oxygen atoms in total. The average molecular weight is 657 g/mol. The monoisotopic (exact) mass is 656 g/mol. The number of hydrogen-bond donors (Lipinski definition) is 2. The summed E-state index contributed by atoms with van der Waals surface area (Å²) in [5.41, 5.74) is 3.54. The number of aryl methyl sites for hydroxylation is 1. The van der Waals surface area contributed by atoms with E-state index < -0.39 is 17.4 Å². The lowest BCUT2D eigenvalue weighted by Crippen LogP contribution is -2.57. The van der Waals surface area contributed by atoms with E-state index in [1.807, 2.05) is 6.92 Å². The maximum absolute atomic E-state index is 17.2. The number of aromatic nitrogens is 5. The molecule has 0 spiro atoms. The van der Waals surface area contributed by atoms with Gasteiger partial charge in [-0.05, 0) is 81.4 Å². The average Bonchev–Trinajstić information content (AvgIpc) is 3.46. The van der Waals surface area contributed by atoms with Gasteiger partial charge in [0.1, 0.15) is 23.6 Å². The molecule has 5 aliphatic heterocycles. The van der Waals surface area contributed by atoms with Crippen molar-refractivity contribution in [2.24, 2.45) is 5.92 Å². The molecular formula is C35H41FN8O4. The minimum Gasteiger partial charge on any atom is -0.462 e. The third kappa shape index (κ3) is 5.13. The molecular weight excluding hydrogens is 615 g/mol. The lowest BCUT2D eigenvalue weighted by Gasteiger charge is -2.41. The van der Waals surface area contributed by atoms with Gasteiger partial charge in [0, 0.05) is 48.9 Å². The lowest BCUT2D eigenvalue weighted by molar-refractivity contribution is -0.0101. The maximum Gasteiger partial charge on any atom is 0.407 e. The number of ether oxygens (including phenoxy) is 3. The second-order valence-corrected chi connectivity index (χ2v) is 14.6. The number of nitrogens with one attached hydrogen (secondary N) is 2. The standard InChI is InChI=1S/C35H41FN8O4/c1-19-12-26-24(15-38-42-26)28-27(19)23-13-20(23)6-10-47-34(45)41-35(2)7-3-8-43(18-35)32-25-14-37-31(28)29(36)30(25)39-33(40-32)48-17-22-5-4-21-16-46-11-9-44(21)22/h12,14-15,20-23H,3-11,13,16-18H2,1-2H3,(H,38,42)(H,41,45)/t20-,21-,22-,23+,35+/m0/s1. The zero-order valence-electron chi connectivity index (χ0n) is 27.4. The van der Waals surface area contributed by atoms with E-state index in [1.165, 1.54) is 0 Å². The van der Waals surface area contributed by atoms with Crippen LogP contribution in [0, 0.1) is 18.7 Å². The summed E-state index contributed by atoms with van der Waals surface area (Å²) in [6.07, 6.45) is 8.36. The Balaban J connectivity index is 1.19. The van der Waals surface area contributed by atoms with Crippen LogP contribution in [0.25, 0.3) is 33.1 Å². The molecule has 1 saturated carbocycles. The fourth-order valence-corrected chi connectivity index (χ4v) is 8.80. The van der Waals surface area contributed by atoms with Gasteiger partial charge in [0.25, 0.3) is 0 Å². The third-order valence-corrected chi connectivity index (χ3v) is 11.3. The number of piperidine rings is 1. The normalized spacial score (nSPS) is 28.9. The van der Waals surface area contributed by atoms with Gasteiger partial charge in [-0.3, -0.25) is 15.0 Å². The number of hydrogen-bond acceptors (Lipinski definition) is 10. The predicted molar refractivity (Wildman–Crippen MR) is 177 cm³/mol. The molecule has 6 aliphatic rings. The molecule has 0 unspecified atom stereocenters. The molecule has 4 aromatic rings. The van der Waals surface area contributed by atoms with Gasteiger partial charge in [-0.15, -0.1) is 0 Å². The molecule has 1 aromatic carbocycles. The molecule has 0 radical (unpaired) electrons. The van der Waals surface area contributed by atoms with Crippen molar-refractivity contribution in [3.8, 4) is 17.3 Å². The number of benzene rings is 1. The Morgan fingerprint density at radius 2 is 2.06 bits per heavy atom. The second-order valence-electron chi connectivity index (χ2n) is 14.6. The molecule has 8 heterocycles. The number of carbonyl (C=O) groups is 1. The molecule has 4 fully saturated rings. The third-order valence-electron chi connectivity index (χ3n) is 11.3. The highest BCUT2D eigenvalue weighted by molar-refractivity contribution is 6.00.